The van der Waals surface area contributed by atoms with Crippen molar-refractivity contribution in [2.45, 2.75) is 50.9 Å². The van der Waals surface area contributed by atoms with Crippen LogP contribution in [0.4, 0.5) is 0 Å². The van der Waals surface area contributed by atoms with Crippen LogP contribution in [-0.4, -0.2) is 16.6 Å². The van der Waals surface area contributed by atoms with Gasteiger partial charge in [0.2, 0.25) is 0 Å². The number of fused-ring (bicyclic) bond motifs is 2. The second-order valence-corrected chi connectivity index (χ2v) is 10.3. The van der Waals surface area contributed by atoms with E-state index in [-0.39, 0.29) is 22.0 Å². The summed E-state index contributed by atoms with van der Waals surface area (Å²) in [6, 6.07) is 20.4. The molecule has 2 bridgehead atoms. The number of hydrogen-bond acceptors (Lipinski definition) is 3. The van der Waals surface area contributed by atoms with Gasteiger partial charge in [0.1, 0.15) is 5.78 Å². The summed E-state index contributed by atoms with van der Waals surface area (Å²) in [6.45, 7) is 4.60. The number of ketones is 1. The van der Waals surface area contributed by atoms with Gasteiger partial charge in [0.25, 0.3) is 0 Å². The third-order valence-corrected chi connectivity index (χ3v) is 8.99. The molecule has 28 heavy (non-hydrogen) atoms. The molecule has 2 aliphatic rings. The molecule has 0 radical (unpaired) electrons. The second-order valence-electron chi connectivity index (χ2n) is 9.11. The Morgan fingerprint density at radius 2 is 1.64 bits per heavy atom. The third kappa shape index (κ3) is 3.44. The summed E-state index contributed by atoms with van der Waals surface area (Å²) in [5.41, 5.74) is 2.44. The molecule has 0 spiro atoms. The number of rotatable bonds is 7. The fourth-order valence-electron chi connectivity index (χ4n) is 5.36. The molecule has 0 unspecified atom stereocenters. The molecule has 4 rings (SSSR count). The minimum absolute atomic E-state index is 0.0936. The predicted octanol–water partition coefficient (Wildman–Crippen LogP) is 5.98. The Hall–Kier alpha value is -1.58. The quantitative estimate of drug-likeness (QED) is 0.628. The lowest BCUT2D eigenvalue weighted by Crippen LogP contribution is -2.33. The summed E-state index contributed by atoms with van der Waals surface area (Å²) in [7, 11) is 0. The maximum absolute atomic E-state index is 12.5. The van der Waals surface area contributed by atoms with Crippen molar-refractivity contribution in [2.75, 3.05) is 5.75 Å². The van der Waals surface area contributed by atoms with Gasteiger partial charge in [-0.05, 0) is 41.2 Å². The Morgan fingerprint density at radius 3 is 2.18 bits per heavy atom. The van der Waals surface area contributed by atoms with Crippen LogP contribution in [0.3, 0.4) is 0 Å². The van der Waals surface area contributed by atoms with Gasteiger partial charge >= 0.3 is 0 Å². The van der Waals surface area contributed by atoms with Gasteiger partial charge in [-0.2, -0.15) is 11.8 Å². The Labute approximate surface area is 172 Å². The van der Waals surface area contributed by atoms with Gasteiger partial charge in [-0.1, -0.05) is 74.5 Å². The number of aliphatic hydroxyl groups is 1. The van der Waals surface area contributed by atoms with E-state index in [1.165, 1.54) is 5.56 Å². The van der Waals surface area contributed by atoms with Crippen LogP contribution in [0, 0.1) is 16.7 Å². The second kappa shape index (κ2) is 7.68. The van der Waals surface area contributed by atoms with E-state index < -0.39 is 6.10 Å². The van der Waals surface area contributed by atoms with E-state index in [0.29, 0.717) is 12.2 Å². The minimum Gasteiger partial charge on any atom is -0.388 e. The molecule has 0 aromatic heterocycles. The van der Waals surface area contributed by atoms with Crippen molar-refractivity contribution in [1.82, 2.24) is 0 Å². The smallest absolute Gasteiger partial charge is 0.137 e. The fourth-order valence-corrected chi connectivity index (χ4v) is 7.17. The number of benzene rings is 2. The zero-order valence-electron chi connectivity index (χ0n) is 16.8. The average molecular weight is 395 g/mol. The summed E-state index contributed by atoms with van der Waals surface area (Å²) in [6.07, 6.45) is 3.15. The van der Waals surface area contributed by atoms with Gasteiger partial charge in [0.15, 0.2) is 0 Å². The lowest BCUT2D eigenvalue weighted by atomic mass is 9.71. The van der Waals surface area contributed by atoms with Crippen molar-refractivity contribution in [1.29, 1.82) is 0 Å². The molecule has 2 aromatic carbocycles. The van der Waals surface area contributed by atoms with Crippen LogP contribution >= 0.6 is 11.8 Å². The molecule has 0 amide bonds. The molecular formula is C25H30O2S. The molecule has 2 aromatic rings. The molecule has 0 saturated heterocycles. The van der Waals surface area contributed by atoms with E-state index >= 15 is 0 Å². The Bertz CT molecular complexity index is 817. The molecule has 2 nitrogen and oxygen atoms in total. The molecule has 3 heteroatoms. The van der Waals surface area contributed by atoms with E-state index in [1.807, 2.05) is 48.2 Å². The molecule has 0 aliphatic heterocycles. The first-order valence-electron chi connectivity index (χ1n) is 10.4. The monoisotopic (exact) mass is 394 g/mol. The molecule has 148 valence electrons. The minimum atomic E-state index is -0.481. The van der Waals surface area contributed by atoms with Crippen LogP contribution in [0.15, 0.2) is 60.7 Å². The summed E-state index contributed by atoms with van der Waals surface area (Å²) in [5, 5.41) is 11.1. The van der Waals surface area contributed by atoms with E-state index in [9.17, 15) is 9.90 Å². The van der Waals surface area contributed by atoms with E-state index in [4.69, 9.17) is 0 Å². The highest BCUT2D eigenvalue weighted by Crippen LogP contribution is 2.65. The van der Waals surface area contributed by atoms with Crippen molar-refractivity contribution < 1.29 is 9.90 Å². The van der Waals surface area contributed by atoms with Crippen LogP contribution < -0.4 is 0 Å². The van der Waals surface area contributed by atoms with Crippen molar-refractivity contribution in [3.05, 3.63) is 71.8 Å². The highest BCUT2D eigenvalue weighted by molar-refractivity contribution is 7.99. The first-order chi connectivity index (χ1) is 13.4. The maximum Gasteiger partial charge on any atom is 0.137 e. The highest BCUT2D eigenvalue weighted by Gasteiger charge is 2.62. The molecular weight excluding hydrogens is 364 g/mol. The normalized spacial score (nSPS) is 27.7. The number of thioether (sulfide) groups is 1. The summed E-state index contributed by atoms with van der Waals surface area (Å²) >= 11 is 1.94. The number of hydrogen-bond donors (Lipinski definition) is 1. The topological polar surface area (TPSA) is 37.3 Å². The van der Waals surface area contributed by atoms with Crippen molar-refractivity contribution in [3.63, 3.8) is 0 Å². The zero-order chi connectivity index (χ0) is 19.8. The van der Waals surface area contributed by atoms with Crippen molar-refractivity contribution in [3.8, 4) is 0 Å². The van der Waals surface area contributed by atoms with Crippen LogP contribution in [0.1, 0.15) is 62.0 Å². The van der Waals surface area contributed by atoms with Gasteiger partial charge in [0.05, 0.1) is 6.10 Å². The lowest BCUT2D eigenvalue weighted by molar-refractivity contribution is -0.122. The summed E-state index contributed by atoms with van der Waals surface area (Å²) < 4.78 is 0. The predicted molar refractivity (Wildman–Crippen MR) is 116 cm³/mol. The molecule has 2 saturated carbocycles. The highest BCUT2D eigenvalue weighted by atomic mass is 32.2. The number of Topliss-reactive ketones (excluding diaryl/α,β-unsaturated/α-hetero) is 1. The van der Waals surface area contributed by atoms with E-state index in [2.05, 4.69) is 38.1 Å². The first kappa shape index (κ1) is 19.7. The summed E-state index contributed by atoms with van der Waals surface area (Å²) in [4.78, 5) is 12.5. The van der Waals surface area contributed by atoms with Crippen LogP contribution in [-0.2, 0) is 4.79 Å². The molecule has 2 aliphatic carbocycles. The van der Waals surface area contributed by atoms with Crippen molar-refractivity contribution in [2.24, 2.45) is 16.7 Å². The number of carbonyl (C=O) groups excluding carboxylic acids is 1. The molecule has 1 N–H and O–H groups in total. The molecule has 2 fully saturated rings. The average Bonchev–Trinajstić information content (AvgIpc) is 3.07. The zero-order valence-corrected chi connectivity index (χ0v) is 17.6. The van der Waals surface area contributed by atoms with Gasteiger partial charge in [-0.15, -0.1) is 0 Å². The Kier molecular flexibility index (Phi) is 5.41. The SMILES string of the molecule is CC1(C)[C@@H]2CC[C@@]1(CS[C@@H](C[C@@H](O)c1ccccc1)c1ccccc1)CC2=O. The standard InChI is InChI=1S/C25H30O2S/c1-24(2)20-13-14-25(24,16-22(20)27)17-28-23(19-11-7-4-8-12-19)15-21(26)18-9-5-3-6-10-18/h3-12,20-21,23,26H,13-17H2,1-2H3/t20-,21-,23+,25+/m1/s1. The van der Waals surface area contributed by atoms with Gasteiger partial charge in [-0.25, -0.2) is 0 Å². The maximum atomic E-state index is 12.5. The van der Waals surface area contributed by atoms with Gasteiger partial charge in [0, 0.05) is 23.3 Å². The van der Waals surface area contributed by atoms with Crippen LogP contribution in [0.2, 0.25) is 0 Å². The van der Waals surface area contributed by atoms with E-state index in [1.54, 1.807) is 0 Å². The Morgan fingerprint density at radius 1 is 1.04 bits per heavy atom. The molecule has 0 heterocycles. The van der Waals surface area contributed by atoms with Gasteiger partial charge in [-0.3, -0.25) is 4.79 Å². The summed E-state index contributed by atoms with van der Waals surface area (Å²) in [5.74, 6) is 1.71. The number of aliphatic hydroxyl groups excluding tert-OH is 1. The number of carbonyl (C=O) groups is 1. The molecule has 4 atom stereocenters. The largest absolute Gasteiger partial charge is 0.388 e. The van der Waals surface area contributed by atoms with E-state index in [0.717, 1.165) is 30.6 Å². The lowest BCUT2D eigenvalue weighted by Gasteiger charge is -2.38. The van der Waals surface area contributed by atoms with Crippen molar-refractivity contribution >= 4 is 17.5 Å². The fraction of sp³-hybridized carbons (Fsp3) is 0.480. The third-order valence-electron chi connectivity index (χ3n) is 7.40. The Balaban J connectivity index is 1.53. The van der Waals surface area contributed by atoms with Gasteiger partial charge < -0.3 is 5.11 Å². The van der Waals surface area contributed by atoms with Crippen LogP contribution in [0.25, 0.3) is 0 Å². The van der Waals surface area contributed by atoms with Crippen LogP contribution in [0.5, 0.6) is 0 Å². The first-order valence-corrected chi connectivity index (χ1v) is 11.4.